The number of rotatable bonds is 6. The van der Waals surface area contributed by atoms with Crippen LogP contribution >= 0.6 is 0 Å². The third-order valence-corrected chi connectivity index (χ3v) is 3.02. The van der Waals surface area contributed by atoms with Gasteiger partial charge in [0.1, 0.15) is 0 Å². The average molecular weight is 266 g/mol. The monoisotopic (exact) mass is 266 g/mol. The molecule has 2 unspecified atom stereocenters. The van der Waals surface area contributed by atoms with Gasteiger partial charge >= 0.3 is 11.9 Å². The number of carboxylic acid groups (broad SMARTS) is 1. The van der Waals surface area contributed by atoms with Crippen molar-refractivity contribution in [2.24, 2.45) is 5.92 Å². The summed E-state index contributed by atoms with van der Waals surface area (Å²) in [4.78, 5) is 22.4. The largest absolute Gasteiger partial charge is 0.478 e. The molecule has 0 aromatic heterocycles. The summed E-state index contributed by atoms with van der Waals surface area (Å²) in [6.07, 6.45) is 0.00202. The molecule has 5 heteroatoms. The normalized spacial score (nSPS) is 13.6. The second-order valence-electron chi connectivity index (χ2n) is 4.40. The van der Waals surface area contributed by atoms with E-state index in [9.17, 15) is 9.59 Å². The lowest BCUT2D eigenvalue weighted by Crippen LogP contribution is -2.23. The Hall–Kier alpha value is -1.88. The van der Waals surface area contributed by atoms with Gasteiger partial charge in [-0.25, -0.2) is 9.59 Å². The van der Waals surface area contributed by atoms with E-state index in [1.807, 2.05) is 13.8 Å². The van der Waals surface area contributed by atoms with E-state index in [1.54, 1.807) is 7.11 Å². The van der Waals surface area contributed by atoms with E-state index < -0.39 is 11.9 Å². The molecule has 0 saturated heterocycles. The summed E-state index contributed by atoms with van der Waals surface area (Å²) >= 11 is 0. The average Bonchev–Trinajstić information content (AvgIpc) is 2.43. The van der Waals surface area contributed by atoms with Gasteiger partial charge in [-0.1, -0.05) is 6.92 Å². The Morgan fingerprint density at radius 2 is 1.68 bits per heavy atom. The zero-order chi connectivity index (χ0) is 14.4. The number of carbonyl (C=O) groups is 2. The van der Waals surface area contributed by atoms with Crippen LogP contribution in [0.3, 0.4) is 0 Å². The molecule has 1 N–H and O–H groups in total. The van der Waals surface area contributed by atoms with Crippen molar-refractivity contribution in [2.45, 2.75) is 20.0 Å². The SMILES string of the molecule is COC(C)C(C)COC(=O)c1ccc(C(=O)O)cc1. The molecule has 0 aliphatic rings. The molecule has 0 bridgehead atoms. The van der Waals surface area contributed by atoms with E-state index >= 15 is 0 Å². The first kappa shape index (κ1) is 15.2. The molecule has 104 valence electrons. The van der Waals surface area contributed by atoms with Gasteiger partial charge in [0.2, 0.25) is 0 Å². The second kappa shape index (κ2) is 6.89. The summed E-state index contributed by atoms with van der Waals surface area (Å²) in [5.41, 5.74) is 0.472. The molecule has 0 fully saturated rings. The fourth-order valence-corrected chi connectivity index (χ4v) is 1.41. The molecule has 19 heavy (non-hydrogen) atoms. The number of ether oxygens (including phenoxy) is 2. The first-order valence-electron chi connectivity index (χ1n) is 5.99. The minimum absolute atomic E-state index is 0.00202. The van der Waals surface area contributed by atoms with Gasteiger partial charge in [0.25, 0.3) is 0 Å². The standard InChI is InChI=1S/C14H18O5/c1-9(10(2)18-3)8-19-14(17)12-6-4-11(5-7-12)13(15)16/h4-7,9-10H,8H2,1-3H3,(H,15,16). The van der Waals surface area contributed by atoms with Crippen molar-refractivity contribution < 1.29 is 24.2 Å². The lowest BCUT2D eigenvalue weighted by Gasteiger charge is -2.18. The van der Waals surface area contributed by atoms with Gasteiger partial charge in [-0.2, -0.15) is 0 Å². The summed E-state index contributed by atoms with van der Waals surface area (Å²) in [6.45, 7) is 4.09. The highest BCUT2D eigenvalue weighted by Crippen LogP contribution is 2.10. The highest BCUT2D eigenvalue weighted by molar-refractivity contribution is 5.92. The van der Waals surface area contributed by atoms with E-state index in [-0.39, 0.29) is 24.2 Å². The Labute approximate surface area is 112 Å². The molecule has 1 aromatic rings. The maximum absolute atomic E-state index is 11.7. The van der Waals surface area contributed by atoms with Crippen LogP contribution in [0.1, 0.15) is 34.6 Å². The van der Waals surface area contributed by atoms with Gasteiger partial charge in [0, 0.05) is 13.0 Å². The lowest BCUT2D eigenvalue weighted by atomic mass is 10.1. The quantitative estimate of drug-likeness (QED) is 0.799. The molecule has 0 aliphatic carbocycles. The molecule has 2 atom stereocenters. The Morgan fingerprint density at radius 3 is 2.16 bits per heavy atom. The Balaban J connectivity index is 2.56. The Bertz CT molecular complexity index is 438. The summed E-state index contributed by atoms with van der Waals surface area (Å²) in [7, 11) is 1.60. The lowest BCUT2D eigenvalue weighted by molar-refractivity contribution is 0.0175. The van der Waals surface area contributed by atoms with Gasteiger partial charge in [-0.3, -0.25) is 0 Å². The molecule has 0 amide bonds. The van der Waals surface area contributed by atoms with Crippen LogP contribution in [0.5, 0.6) is 0 Å². The topological polar surface area (TPSA) is 72.8 Å². The molecule has 0 spiro atoms. The number of esters is 1. The fraction of sp³-hybridized carbons (Fsp3) is 0.429. The molecule has 0 radical (unpaired) electrons. The van der Waals surface area contributed by atoms with E-state index in [1.165, 1.54) is 24.3 Å². The fourth-order valence-electron chi connectivity index (χ4n) is 1.41. The number of hydrogen-bond donors (Lipinski definition) is 1. The van der Waals surface area contributed by atoms with Gasteiger partial charge in [0.05, 0.1) is 23.8 Å². The number of methoxy groups -OCH3 is 1. The van der Waals surface area contributed by atoms with Crippen molar-refractivity contribution in [3.05, 3.63) is 35.4 Å². The van der Waals surface area contributed by atoms with E-state index in [0.717, 1.165) is 0 Å². The van der Waals surface area contributed by atoms with E-state index in [2.05, 4.69) is 0 Å². The summed E-state index contributed by atoms with van der Waals surface area (Å²) in [5.74, 6) is -1.40. The number of benzene rings is 1. The Morgan fingerprint density at radius 1 is 1.16 bits per heavy atom. The van der Waals surface area contributed by atoms with Crippen molar-refractivity contribution in [1.82, 2.24) is 0 Å². The molecule has 5 nitrogen and oxygen atoms in total. The van der Waals surface area contributed by atoms with Gasteiger partial charge < -0.3 is 14.6 Å². The summed E-state index contributed by atoms with van der Waals surface area (Å²) in [5, 5.41) is 8.75. The van der Waals surface area contributed by atoms with Crippen LogP contribution in [-0.2, 0) is 9.47 Å². The molecule has 0 aliphatic heterocycles. The van der Waals surface area contributed by atoms with Crippen LogP contribution in [0, 0.1) is 5.92 Å². The molecule has 0 heterocycles. The zero-order valence-corrected chi connectivity index (χ0v) is 11.3. The minimum atomic E-state index is -1.03. The van der Waals surface area contributed by atoms with E-state index in [0.29, 0.717) is 5.56 Å². The van der Waals surface area contributed by atoms with Crippen LogP contribution in [0.25, 0.3) is 0 Å². The third kappa shape index (κ3) is 4.37. The number of carboxylic acids is 1. The maximum atomic E-state index is 11.7. The smallest absolute Gasteiger partial charge is 0.338 e. The van der Waals surface area contributed by atoms with Gasteiger partial charge in [-0.05, 0) is 31.2 Å². The predicted octanol–water partition coefficient (Wildman–Crippen LogP) is 2.21. The summed E-state index contributed by atoms with van der Waals surface area (Å²) < 4.78 is 10.3. The number of carbonyl (C=O) groups excluding carboxylic acids is 1. The van der Waals surface area contributed by atoms with Crippen LogP contribution in [0.2, 0.25) is 0 Å². The van der Waals surface area contributed by atoms with Crippen molar-refractivity contribution in [3.63, 3.8) is 0 Å². The van der Waals surface area contributed by atoms with Crippen molar-refractivity contribution >= 4 is 11.9 Å². The second-order valence-corrected chi connectivity index (χ2v) is 4.40. The summed E-state index contributed by atoms with van der Waals surface area (Å²) in [6, 6.07) is 5.63. The first-order chi connectivity index (χ1) is 8.95. The highest BCUT2D eigenvalue weighted by atomic mass is 16.5. The Kier molecular flexibility index (Phi) is 5.51. The molecule has 0 saturated carbocycles. The zero-order valence-electron chi connectivity index (χ0n) is 11.3. The van der Waals surface area contributed by atoms with Crippen molar-refractivity contribution in [1.29, 1.82) is 0 Å². The predicted molar refractivity (Wildman–Crippen MR) is 69.3 cm³/mol. The van der Waals surface area contributed by atoms with Gasteiger partial charge in [-0.15, -0.1) is 0 Å². The van der Waals surface area contributed by atoms with E-state index in [4.69, 9.17) is 14.6 Å². The van der Waals surface area contributed by atoms with Crippen molar-refractivity contribution in [3.8, 4) is 0 Å². The van der Waals surface area contributed by atoms with Crippen molar-refractivity contribution in [2.75, 3.05) is 13.7 Å². The van der Waals surface area contributed by atoms with Crippen LogP contribution in [0.4, 0.5) is 0 Å². The van der Waals surface area contributed by atoms with Crippen LogP contribution < -0.4 is 0 Å². The first-order valence-corrected chi connectivity index (χ1v) is 5.99. The number of hydrogen-bond acceptors (Lipinski definition) is 4. The maximum Gasteiger partial charge on any atom is 0.338 e. The van der Waals surface area contributed by atoms with Crippen LogP contribution in [0.15, 0.2) is 24.3 Å². The minimum Gasteiger partial charge on any atom is -0.478 e. The molecular formula is C14H18O5. The van der Waals surface area contributed by atoms with Crippen LogP contribution in [-0.4, -0.2) is 36.9 Å². The van der Waals surface area contributed by atoms with Gasteiger partial charge in [0.15, 0.2) is 0 Å². The highest BCUT2D eigenvalue weighted by Gasteiger charge is 2.15. The molecule has 1 rings (SSSR count). The molecular weight excluding hydrogens is 248 g/mol. The molecule has 1 aromatic carbocycles. The third-order valence-electron chi connectivity index (χ3n) is 3.02. The number of aromatic carboxylic acids is 1.